The van der Waals surface area contributed by atoms with E-state index in [4.69, 9.17) is 38.3 Å². The number of fused-ring (bicyclic) bond motifs is 4. The topological polar surface area (TPSA) is 57.8 Å². The number of aryl methyl sites for hydroxylation is 1. The van der Waals surface area contributed by atoms with Crippen LogP contribution in [0.1, 0.15) is 22.9 Å². The maximum absolute atomic E-state index is 6.35. The molecule has 190 valence electrons. The van der Waals surface area contributed by atoms with Crippen molar-refractivity contribution in [2.24, 2.45) is 9.98 Å². The number of para-hydroxylation sites is 3. The van der Waals surface area contributed by atoms with Crippen LogP contribution in [0.25, 0.3) is 5.69 Å². The number of benzene rings is 4. The van der Waals surface area contributed by atoms with Gasteiger partial charge in [-0.3, -0.25) is 0 Å². The van der Waals surface area contributed by atoms with Gasteiger partial charge in [-0.25, -0.2) is 14.7 Å². The van der Waals surface area contributed by atoms with Crippen molar-refractivity contribution in [3.63, 3.8) is 0 Å². The molecule has 1 N–H and O–H groups in total. The Morgan fingerprint density at radius 2 is 1.49 bits per heavy atom. The van der Waals surface area contributed by atoms with Crippen LogP contribution in [0.4, 0.5) is 22.9 Å². The summed E-state index contributed by atoms with van der Waals surface area (Å²) in [4.78, 5) is 12.5. The fraction of sp³-hybridized carbons (Fsp3) is 0.0645. The number of aromatic nitrogens is 2. The molecule has 39 heavy (non-hydrogen) atoms. The molecule has 0 unspecified atom stereocenters. The lowest BCUT2D eigenvalue weighted by Crippen LogP contribution is -2.46. The van der Waals surface area contributed by atoms with Crippen molar-refractivity contribution in [1.29, 1.82) is 0 Å². The smallest absolute Gasteiger partial charge is 0.179 e. The van der Waals surface area contributed by atoms with Crippen LogP contribution in [-0.2, 0) is 0 Å². The predicted octanol–water partition coefficient (Wildman–Crippen LogP) is 8.28. The number of halogens is 2. The first-order valence-electron chi connectivity index (χ1n) is 12.6. The van der Waals surface area contributed by atoms with Crippen LogP contribution in [-0.4, -0.2) is 21.5 Å². The molecule has 0 aliphatic carbocycles. The van der Waals surface area contributed by atoms with Crippen molar-refractivity contribution >= 4 is 57.8 Å². The van der Waals surface area contributed by atoms with Gasteiger partial charge in [0, 0.05) is 11.3 Å². The highest BCUT2D eigenvalue weighted by Crippen LogP contribution is 2.48. The number of aliphatic imine (C=N–C) groups is 2. The zero-order valence-electron chi connectivity index (χ0n) is 20.9. The average Bonchev–Trinajstić information content (AvgIpc) is 3.31. The highest BCUT2D eigenvalue weighted by atomic mass is 35.5. The summed E-state index contributed by atoms with van der Waals surface area (Å²) >= 11 is 12.5. The van der Waals surface area contributed by atoms with Gasteiger partial charge in [0.25, 0.3) is 0 Å². The summed E-state index contributed by atoms with van der Waals surface area (Å²) in [6, 6.07) is 33.9. The summed E-state index contributed by atoms with van der Waals surface area (Å²) in [5.41, 5.74) is 6.63. The van der Waals surface area contributed by atoms with E-state index in [1.54, 1.807) is 12.1 Å². The second-order valence-corrected chi connectivity index (χ2v) is 10.2. The Bertz CT molecular complexity index is 1780. The van der Waals surface area contributed by atoms with E-state index in [9.17, 15) is 0 Å². The van der Waals surface area contributed by atoms with Gasteiger partial charge < -0.3 is 10.2 Å². The zero-order chi connectivity index (χ0) is 26.5. The average molecular weight is 549 g/mol. The monoisotopic (exact) mass is 548 g/mol. The quantitative estimate of drug-likeness (QED) is 0.246. The molecule has 2 aliphatic heterocycles. The van der Waals surface area contributed by atoms with Gasteiger partial charge in [-0.1, -0.05) is 83.9 Å². The number of nitrogens with zero attached hydrogens (tertiary/aromatic N) is 5. The van der Waals surface area contributed by atoms with Crippen LogP contribution in [0.15, 0.2) is 113 Å². The van der Waals surface area contributed by atoms with E-state index >= 15 is 0 Å². The van der Waals surface area contributed by atoms with Crippen molar-refractivity contribution < 1.29 is 0 Å². The molecule has 0 bridgehead atoms. The van der Waals surface area contributed by atoms with Gasteiger partial charge in [-0.15, -0.1) is 0 Å². The summed E-state index contributed by atoms with van der Waals surface area (Å²) in [5.74, 6) is 2.08. The van der Waals surface area contributed by atoms with Crippen LogP contribution in [0, 0.1) is 6.92 Å². The Hall–Kier alpha value is -4.39. The number of rotatable bonds is 3. The van der Waals surface area contributed by atoms with Crippen LogP contribution in [0.5, 0.6) is 0 Å². The van der Waals surface area contributed by atoms with Gasteiger partial charge >= 0.3 is 0 Å². The van der Waals surface area contributed by atoms with Crippen molar-refractivity contribution in [3.8, 4) is 5.69 Å². The Morgan fingerprint density at radius 1 is 0.769 bits per heavy atom. The molecule has 8 heteroatoms. The Kier molecular flexibility index (Phi) is 5.72. The molecular formula is C31H22Cl2N6. The third-order valence-corrected chi connectivity index (χ3v) is 7.68. The molecule has 3 heterocycles. The molecule has 6 nitrogen and oxygen atoms in total. The molecule has 0 amide bonds. The summed E-state index contributed by atoms with van der Waals surface area (Å²) in [7, 11) is 0. The predicted molar refractivity (Wildman–Crippen MR) is 160 cm³/mol. The molecule has 0 spiro atoms. The second kappa shape index (κ2) is 9.42. The lowest BCUT2D eigenvalue weighted by atomic mass is 9.93. The van der Waals surface area contributed by atoms with Crippen LogP contribution < -0.4 is 10.2 Å². The van der Waals surface area contributed by atoms with Gasteiger partial charge in [0.1, 0.15) is 0 Å². The molecule has 0 radical (unpaired) electrons. The normalized spacial score (nSPS) is 15.6. The molecule has 1 aromatic heterocycles. The SMILES string of the molecule is Cc1nn(-c2ccccc2)c2c1[C@H](c1ccccc1)N1C(=N2)C(Nc2ccc(Cl)c(Cl)c2)=Nc2ccccc21. The standard InChI is InChI=1S/C31H22Cl2N6/c1-19-27-28(20-10-4-2-5-11-20)38-26-15-9-8-14-25(26)35-29(34-21-16-17-23(32)24(33)18-21)31(38)36-30(27)39(37-19)22-12-6-3-7-13-22/h2-18,28H,1H3,(H,34,35)/t28-/m0/s1. The first-order valence-corrected chi connectivity index (χ1v) is 13.3. The summed E-state index contributed by atoms with van der Waals surface area (Å²) in [6.45, 7) is 2.05. The highest BCUT2D eigenvalue weighted by Gasteiger charge is 2.41. The van der Waals surface area contributed by atoms with Gasteiger partial charge in [-0.2, -0.15) is 5.10 Å². The lowest BCUT2D eigenvalue weighted by molar-refractivity contribution is 0.815. The fourth-order valence-electron chi connectivity index (χ4n) is 5.21. The molecule has 0 saturated heterocycles. The molecular weight excluding hydrogens is 527 g/mol. The van der Waals surface area contributed by atoms with Crippen molar-refractivity contribution in [2.75, 3.05) is 10.2 Å². The van der Waals surface area contributed by atoms with Crippen molar-refractivity contribution in [1.82, 2.24) is 9.78 Å². The van der Waals surface area contributed by atoms with E-state index < -0.39 is 0 Å². The third kappa shape index (κ3) is 4.00. The molecule has 0 fully saturated rings. The Labute approximate surface area is 235 Å². The molecule has 5 aromatic rings. The highest BCUT2D eigenvalue weighted by molar-refractivity contribution is 6.52. The lowest BCUT2D eigenvalue weighted by Gasteiger charge is -2.40. The number of hydrogen-bond donors (Lipinski definition) is 1. The Balaban J connectivity index is 1.49. The largest absolute Gasteiger partial charge is 0.337 e. The van der Waals surface area contributed by atoms with E-state index in [1.807, 2.05) is 72.3 Å². The third-order valence-electron chi connectivity index (χ3n) is 6.94. The summed E-state index contributed by atoms with van der Waals surface area (Å²) < 4.78 is 1.92. The van der Waals surface area contributed by atoms with Gasteiger partial charge in [0.15, 0.2) is 17.5 Å². The number of hydrogen-bond acceptors (Lipinski definition) is 5. The minimum absolute atomic E-state index is 0.173. The van der Waals surface area contributed by atoms with Crippen LogP contribution in [0.2, 0.25) is 10.0 Å². The fourth-order valence-corrected chi connectivity index (χ4v) is 5.51. The number of anilines is 2. The molecule has 1 atom stereocenters. The Morgan fingerprint density at radius 3 is 2.26 bits per heavy atom. The van der Waals surface area contributed by atoms with E-state index in [2.05, 4.69) is 40.5 Å². The minimum Gasteiger partial charge on any atom is -0.337 e. The first-order chi connectivity index (χ1) is 19.1. The van der Waals surface area contributed by atoms with E-state index in [0.29, 0.717) is 21.7 Å². The minimum atomic E-state index is -0.173. The maximum Gasteiger partial charge on any atom is 0.179 e. The summed E-state index contributed by atoms with van der Waals surface area (Å²) in [5, 5.41) is 9.39. The second-order valence-electron chi connectivity index (χ2n) is 9.39. The van der Waals surface area contributed by atoms with Crippen molar-refractivity contribution in [3.05, 3.63) is 130 Å². The van der Waals surface area contributed by atoms with E-state index in [-0.39, 0.29) is 6.04 Å². The van der Waals surface area contributed by atoms with Crippen LogP contribution >= 0.6 is 23.2 Å². The van der Waals surface area contributed by atoms with Crippen LogP contribution in [0.3, 0.4) is 0 Å². The first kappa shape index (κ1) is 23.7. The molecule has 7 rings (SSSR count). The van der Waals surface area contributed by atoms with Gasteiger partial charge in [0.05, 0.1) is 38.8 Å². The van der Waals surface area contributed by atoms with E-state index in [0.717, 1.165) is 45.4 Å². The van der Waals surface area contributed by atoms with Gasteiger partial charge in [-0.05, 0) is 55.0 Å². The molecule has 4 aromatic carbocycles. The number of nitrogens with one attached hydrogen (secondary N) is 1. The van der Waals surface area contributed by atoms with E-state index in [1.165, 1.54) is 0 Å². The molecule has 0 saturated carbocycles. The van der Waals surface area contributed by atoms with Crippen molar-refractivity contribution in [2.45, 2.75) is 13.0 Å². The maximum atomic E-state index is 6.35. The molecule has 2 aliphatic rings. The summed E-state index contributed by atoms with van der Waals surface area (Å²) in [6.07, 6.45) is 0. The van der Waals surface area contributed by atoms with Gasteiger partial charge in [0.2, 0.25) is 0 Å². The number of amidine groups is 2. The zero-order valence-corrected chi connectivity index (χ0v) is 22.4.